The quantitative estimate of drug-likeness (QED) is 0.763. The van der Waals surface area contributed by atoms with E-state index in [1.807, 2.05) is 14.0 Å². The van der Waals surface area contributed by atoms with Crippen molar-refractivity contribution in [3.8, 4) is 0 Å². The molecule has 0 aliphatic heterocycles. The van der Waals surface area contributed by atoms with Gasteiger partial charge in [0.15, 0.2) is 5.78 Å². The second-order valence-corrected chi connectivity index (χ2v) is 5.15. The molecule has 0 aliphatic rings. The Kier molecular flexibility index (Phi) is 3.78. The number of nitrogens with zero attached hydrogens (tertiary/aromatic N) is 5. The highest BCUT2D eigenvalue weighted by Crippen LogP contribution is 2.07. The molecule has 0 fully saturated rings. The van der Waals surface area contributed by atoms with Gasteiger partial charge in [0, 0.05) is 19.3 Å². The molecule has 6 nitrogen and oxygen atoms in total. The van der Waals surface area contributed by atoms with Crippen LogP contribution in [-0.2, 0) is 20.0 Å². The molecule has 2 aromatic heterocycles. The van der Waals surface area contributed by atoms with Gasteiger partial charge in [-0.3, -0.25) is 9.48 Å². The number of hydrogen-bond donors (Lipinski definition) is 0. The van der Waals surface area contributed by atoms with E-state index in [-0.39, 0.29) is 12.2 Å². The van der Waals surface area contributed by atoms with Crippen LogP contribution in [0.5, 0.6) is 0 Å². The van der Waals surface area contributed by atoms with Crippen molar-refractivity contribution >= 4 is 5.78 Å². The van der Waals surface area contributed by atoms with Crippen LogP contribution in [0.2, 0.25) is 0 Å². The number of ketones is 1. The van der Waals surface area contributed by atoms with E-state index in [4.69, 9.17) is 0 Å². The molecule has 0 radical (unpaired) electrons. The number of Topliss-reactive ketones (excluding diaryl/α,β-unsaturated/α-hetero) is 1. The van der Waals surface area contributed by atoms with Gasteiger partial charge in [0.05, 0.1) is 6.42 Å². The third-order valence-electron chi connectivity index (χ3n) is 2.95. The lowest BCUT2D eigenvalue weighted by Gasteiger charge is -2.07. The van der Waals surface area contributed by atoms with E-state index in [9.17, 15) is 4.79 Å². The molecule has 0 amide bonds. The summed E-state index contributed by atoms with van der Waals surface area (Å²) >= 11 is 0. The third-order valence-corrected chi connectivity index (χ3v) is 2.95. The van der Waals surface area contributed by atoms with Crippen molar-refractivity contribution in [1.82, 2.24) is 24.5 Å². The lowest BCUT2D eigenvalue weighted by molar-refractivity contribution is 0.0983. The Morgan fingerprint density at radius 3 is 2.74 bits per heavy atom. The third kappa shape index (κ3) is 3.07. The second kappa shape index (κ2) is 5.34. The maximum Gasteiger partial charge on any atom is 0.190 e. The summed E-state index contributed by atoms with van der Waals surface area (Å²) < 4.78 is 3.49. The molecule has 2 heterocycles. The number of hydrogen-bond acceptors (Lipinski definition) is 4. The van der Waals surface area contributed by atoms with Gasteiger partial charge in [0.1, 0.15) is 17.8 Å². The molecule has 0 aliphatic carbocycles. The summed E-state index contributed by atoms with van der Waals surface area (Å²) in [4.78, 5) is 16.3. The zero-order chi connectivity index (χ0) is 14.0. The summed E-state index contributed by atoms with van der Waals surface area (Å²) in [6.45, 7) is 6.90. The second-order valence-electron chi connectivity index (χ2n) is 5.15. The van der Waals surface area contributed by atoms with Crippen LogP contribution >= 0.6 is 0 Å². The molecule has 0 saturated heterocycles. The number of aromatic nitrogens is 5. The predicted molar refractivity (Wildman–Crippen MR) is 70.8 cm³/mol. The summed E-state index contributed by atoms with van der Waals surface area (Å²) in [5, 5.41) is 8.34. The Morgan fingerprint density at radius 1 is 1.42 bits per heavy atom. The van der Waals surface area contributed by atoms with Crippen molar-refractivity contribution < 1.29 is 4.79 Å². The van der Waals surface area contributed by atoms with Crippen LogP contribution in [-0.4, -0.2) is 30.3 Å². The first-order valence-electron chi connectivity index (χ1n) is 6.38. The maximum atomic E-state index is 12.2. The van der Waals surface area contributed by atoms with Gasteiger partial charge in [-0.2, -0.15) is 10.2 Å². The minimum Gasteiger partial charge on any atom is -0.292 e. The van der Waals surface area contributed by atoms with E-state index in [2.05, 4.69) is 29.0 Å². The lowest BCUT2D eigenvalue weighted by Crippen LogP contribution is -2.14. The molecule has 0 aromatic carbocycles. The number of carbonyl (C=O) groups is 1. The Bertz CT molecular complexity index is 562. The van der Waals surface area contributed by atoms with Crippen LogP contribution in [0, 0.1) is 12.8 Å². The minimum absolute atomic E-state index is 0.0262. The lowest BCUT2D eigenvalue weighted by atomic mass is 10.2. The monoisotopic (exact) mass is 261 g/mol. The van der Waals surface area contributed by atoms with Gasteiger partial charge in [-0.15, -0.1) is 0 Å². The van der Waals surface area contributed by atoms with Crippen molar-refractivity contribution in [2.24, 2.45) is 13.0 Å². The fraction of sp³-hybridized carbons (Fsp3) is 0.538. The molecule has 19 heavy (non-hydrogen) atoms. The Labute approximate surface area is 112 Å². The molecule has 0 spiro atoms. The molecular formula is C13H19N5O. The van der Waals surface area contributed by atoms with E-state index in [0.717, 1.165) is 12.2 Å². The number of carbonyl (C=O) groups excluding carboxylic acids is 1. The number of rotatable bonds is 5. The van der Waals surface area contributed by atoms with E-state index in [0.29, 0.717) is 17.4 Å². The normalized spacial score (nSPS) is 11.2. The Morgan fingerprint density at radius 2 is 2.16 bits per heavy atom. The van der Waals surface area contributed by atoms with Crippen LogP contribution in [0.15, 0.2) is 12.4 Å². The summed E-state index contributed by atoms with van der Waals surface area (Å²) in [7, 11) is 1.83. The topological polar surface area (TPSA) is 65.6 Å². The average molecular weight is 261 g/mol. The molecule has 6 heteroatoms. The first-order valence-corrected chi connectivity index (χ1v) is 6.38. The largest absolute Gasteiger partial charge is 0.292 e. The van der Waals surface area contributed by atoms with Crippen molar-refractivity contribution in [1.29, 1.82) is 0 Å². The van der Waals surface area contributed by atoms with Gasteiger partial charge in [-0.05, 0) is 18.9 Å². The molecule has 102 valence electrons. The average Bonchev–Trinajstić information content (AvgIpc) is 2.87. The summed E-state index contributed by atoms with van der Waals surface area (Å²) in [6.07, 6.45) is 1.73. The van der Waals surface area contributed by atoms with Crippen molar-refractivity contribution in [3.05, 3.63) is 29.6 Å². The van der Waals surface area contributed by atoms with Crippen LogP contribution in [0.1, 0.15) is 35.9 Å². The van der Waals surface area contributed by atoms with Crippen LogP contribution in [0.25, 0.3) is 0 Å². The van der Waals surface area contributed by atoms with Gasteiger partial charge >= 0.3 is 0 Å². The SMILES string of the molecule is Cc1cc(C(=O)Cc2ncnn2CC(C)C)nn1C. The van der Waals surface area contributed by atoms with Gasteiger partial charge in [-0.25, -0.2) is 9.67 Å². The van der Waals surface area contributed by atoms with Crippen molar-refractivity contribution in [2.75, 3.05) is 0 Å². The molecule has 2 aromatic rings. The molecule has 0 unspecified atom stereocenters. The highest BCUT2D eigenvalue weighted by atomic mass is 16.1. The van der Waals surface area contributed by atoms with E-state index >= 15 is 0 Å². The highest BCUT2D eigenvalue weighted by Gasteiger charge is 2.15. The zero-order valence-corrected chi connectivity index (χ0v) is 11.8. The molecule has 2 rings (SSSR count). The van der Waals surface area contributed by atoms with Gasteiger partial charge in [0.25, 0.3) is 0 Å². The molecule has 0 atom stereocenters. The number of aryl methyl sites for hydroxylation is 2. The van der Waals surface area contributed by atoms with Crippen molar-refractivity contribution in [3.63, 3.8) is 0 Å². The van der Waals surface area contributed by atoms with E-state index in [1.54, 1.807) is 15.4 Å². The summed E-state index contributed by atoms with van der Waals surface area (Å²) in [6, 6.07) is 1.80. The highest BCUT2D eigenvalue weighted by molar-refractivity contribution is 5.95. The fourth-order valence-corrected chi connectivity index (χ4v) is 1.85. The van der Waals surface area contributed by atoms with Gasteiger partial charge in [-0.1, -0.05) is 13.8 Å². The summed E-state index contributed by atoms with van der Waals surface area (Å²) in [5.74, 6) is 1.14. The maximum absolute atomic E-state index is 12.2. The van der Waals surface area contributed by atoms with Crippen LogP contribution in [0.3, 0.4) is 0 Å². The Hall–Kier alpha value is -1.98. The standard InChI is InChI=1S/C13H19N5O/c1-9(2)7-18-13(14-8-15-18)6-12(19)11-5-10(3)17(4)16-11/h5,8-9H,6-7H2,1-4H3. The Balaban J connectivity index is 2.13. The minimum atomic E-state index is -0.0262. The van der Waals surface area contributed by atoms with Gasteiger partial charge in [0.2, 0.25) is 0 Å². The smallest absolute Gasteiger partial charge is 0.190 e. The summed E-state index contributed by atoms with van der Waals surface area (Å²) in [5.41, 5.74) is 1.45. The molecule has 0 bridgehead atoms. The first-order chi connectivity index (χ1) is 8.97. The van der Waals surface area contributed by atoms with Crippen molar-refractivity contribution in [2.45, 2.75) is 33.7 Å². The zero-order valence-electron chi connectivity index (χ0n) is 11.8. The fourth-order valence-electron chi connectivity index (χ4n) is 1.85. The van der Waals surface area contributed by atoms with Crippen LogP contribution in [0.4, 0.5) is 0 Å². The van der Waals surface area contributed by atoms with Crippen LogP contribution < -0.4 is 0 Å². The van der Waals surface area contributed by atoms with E-state index < -0.39 is 0 Å². The van der Waals surface area contributed by atoms with Gasteiger partial charge < -0.3 is 0 Å². The van der Waals surface area contributed by atoms with E-state index in [1.165, 1.54) is 6.33 Å². The molecule has 0 N–H and O–H groups in total. The molecular weight excluding hydrogens is 242 g/mol. The molecule has 0 saturated carbocycles. The predicted octanol–water partition coefficient (Wildman–Crippen LogP) is 1.40. The first kappa shape index (κ1) is 13.5.